The van der Waals surface area contributed by atoms with Gasteiger partial charge in [0, 0.05) is 51.9 Å². The van der Waals surface area contributed by atoms with E-state index in [1.165, 1.54) is 12.8 Å². The van der Waals surface area contributed by atoms with Crippen LogP contribution >= 0.6 is 24.0 Å². The van der Waals surface area contributed by atoms with Crippen LogP contribution < -0.4 is 15.4 Å². The van der Waals surface area contributed by atoms with Gasteiger partial charge in [-0.05, 0) is 25.8 Å². The highest BCUT2D eigenvalue weighted by Gasteiger charge is 2.28. The van der Waals surface area contributed by atoms with Crippen molar-refractivity contribution < 1.29 is 18.3 Å². The molecular formula is C19H31F2IN4O2. The molecule has 6 nitrogen and oxygen atoms in total. The Morgan fingerprint density at radius 2 is 2.04 bits per heavy atom. The molecule has 0 unspecified atom stereocenters. The molecule has 0 heterocycles. The van der Waals surface area contributed by atoms with E-state index in [2.05, 4.69) is 25.3 Å². The summed E-state index contributed by atoms with van der Waals surface area (Å²) in [4.78, 5) is 6.61. The molecule has 0 spiro atoms. The molecule has 1 aliphatic carbocycles. The number of halogens is 3. The molecule has 1 aromatic rings. The molecule has 1 aromatic carbocycles. The third-order valence-electron chi connectivity index (χ3n) is 4.44. The number of ether oxygens (including phenoxy) is 2. The Bertz CT molecular complexity index is 616. The lowest BCUT2D eigenvalue weighted by atomic mass is 10.1. The van der Waals surface area contributed by atoms with Gasteiger partial charge in [0.2, 0.25) is 0 Å². The highest BCUT2D eigenvalue weighted by atomic mass is 127. The minimum Gasteiger partial charge on any atom is -0.434 e. The summed E-state index contributed by atoms with van der Waals surface area (Å²) >= 11 is 0. The lowest BCUT2D eigenvalue weighted by molar-refractivity contribution is -0.0504. The molecule has 1 aliphatic rings. The molecule has 28 heavy (non-hydrogen) atoms. The number of aryl methyl sites for hydroxylation is 1. The van der Waals surface area contributed by atoms with Crippen molar-refractivity contribution in [3.63, 3.8) is 0 Å². The Morgan fingerprint density at radius 3 is 2.64 bits per heavy atom. The van der Waals surface area contributed by atoms with E-state index >= 15 is 0 Å². The van der Waals surface area contributed by atoms with Crippen LogP contribution in [0.2, 0.25) is 0 Å². The van der Waals surface area contributed by atoms with E-state index in [1.807, 2.05) is 13.0 Å². The van der Waals surface area contributed by atoms with Gasteiger partial charge in [0.15, 0.2) is 5.96 Å². The number of guanidine groups is 1. The Labute approximate surface area is 183 Å². The van der Waals surface area contributed by atoms with Gasteiger partial charge in [0.05, 0.1) is 6.61 Å². The topological polar surface area (TPSA) is 58.1 Å². The normalized spacial score (nSPS) is 14.2. The van der Waals surface area contributed by atoms with Crippen molar-refractivity contribution in [2.75, 3.05) is 40.4 Å². The van der Waals surface area contributed by atoms with Crippen LogP contribution in [-0.2, 0) is 11.3 Å². The molecule has 1 fully saturated rings. The maximum Gasteiger partial charge on any atom is 0.387 e. The van der Waals surface area contributed by atoms with Crippen LogP contribution in [0.15, 0.2) is 23.2 Å². The Balaban J connectivity index is 0.00000392. The quantitative estimate of drug-likeness (QED) is 0.271. The highest BCUT2D eigenvalue weighted by molar-refractivity contribution is 14.0. The number of methoxy groups -OCH3 is 1. The molecule has 0 aromatic heterocycles. The first-order chi connectivity index (χ1) is 13.0. The van der Waals surface area contributed by atoms with E-state index in [-0.39, 0.29) is 29.7 Å². The van der Waals surface area contributed by atoms with Gasteiger partial charge < -0.3 is 20.1 Å². The lowest BCUT2D eigenvalue weighted by Crippen LogP contribution is -2.42. The van der Waals surface area contributed by atoms with Gasteiger partial charge in [-0.1, -0.05) is 17.7 Å². The van der Waals surface area contributed by atoms with Crippen LogP contribution in [0.25, 0.3) is 0 Å². The van der Waals surface area contributed by atoms with Gasteiger partial charge in [-0.3, -0.25) is 9.89 Å². The molecule has 0 radical (unpaired) electrons. The average Bonchev–Trinajstić information content (AvgIpc) is 3.47. The molecule has 1 saturated carbocycles. The zero-order valence-corrected chi connectivity index (χ0v) is 19.0. The van der Waals surface area contributed by atoms with Gasteiger partial charge in [-0.15, -0.1) is 24.0 Å². The maximum absolute atomic E-state index is 12.6. The fourth-order valence-electron chi connectivity index (χ4n) is 2.90. The molecule has 0 aliphatic heterocycles. The zero-order chi connectivity index (χ0) is 19.6. The molecular weight excluding hydrogens is 481 g/mol. The van der Waals surface area contributed by atoms with Crippen molar-refractivity contribution in [3.05, 3.63) is 29.3 Å². The Morgan fingerprint density at radius 1 is 1.29 bits per heavy atom. The summed E-state index contributed by atoms with van der Waals surface area (Å²) in [6.45, 7) is 2.71. The van der Waals surface area contributed by atoms with Crippen LogP contribution in [0.5, 0.6) is 5.75 Å². The Hall–Kier alpha value is -1.20. The van der Waals surface area contributed by atoms with E-state index in [0.717, 1.165) is 31.8 Å². The van der Waals surface area contributed by atoms with Gasteiger partial charge >= 0.3 is 6.61 Å². The minimum atomic E-state index is -2.84. The third-order valence-corrected chi connectivity index (χ3v) is 4.44. The lowest BCUT2D eigenvalue weighted by Gasteiger charge is -2.22. The highest BCUT2D eigenvalue weighted by Crippen LogP contribution is 2.26. The number of benzene rings is 1. The van der Waals surface area contributed by atoms with Gasteiger partial charge in [0.1, 0.15) is 5.75 Å². The maximum atomic E-state index is 12.6. The standard InChI is InChI=1S/C19H30F2N4O2.HI/c1-14-4-7-17(27-18(20)21)15(12-14)13-24-19(22-2)23-8-9-25(10-11-26-3)16-5-6-16;/h4,7,12,16,18H,5-6,8-11,13H2,1-3H3,(H2,22,23,24);1H. The molecule has 0 amide bonds. The predicted octanol–water partition coefficient (Wildman–Crippen LogP) is 2.99. The van der Waals surface area contributed by atoms with E-state index < -0.39 is 6.61 Å². The van der Waals surface area contributed by atoms with Gasteiger partial charge in [-0.25, -0.2) is 0 Å². The van der Waals surface area contributed by atoms with Gasteiger partial charge in [0.25, 0.3) is 0 Å². The molecule has 0 saturated heterocycles. The van der Waals surface area contributed by atoms with Crippen molar-refractivity contribution in [2.24, 2.45) is 4.99 Å². The predicted molar refractivity (Wildman–Crippen MR) is 118 cm³/mol. The number of hydrogen-bond donors (Lipinski definition) is 2. The summed E-state index contributed by atoms with van der Waals surface area (Å²) in [5.41, 5.74) is 1.65. The molecule has 0 atom stereocenters. The Kier molecular flexibility index (Phi) is 11.6. The first-order valence-corrected chi connectivity index (χ1v) is 9.25. The third kappa shape index (κ3) is 8.87. The van der Waals surface area contributed by atoms with Gasteiger partial charge in [-0.2, -0.15) is 8.78 Å². The molecule has 2 rings (SSSR count). The van der Waals surface area contributed by atoms with E-state index in [0.29, 0.717) is 24.1 Å². The molecule has 160 valence electrons. The monoisotopic (exact) mass is 512 g/mol. The summed E-state index contributed by atoms with van der Waals surface area (Å²) in [7, 11) is 3.40. The fourth-order valence-corrected chi connectivity index (χ4v) is 2.90. The minimum absolute atomic E-state index is 0. The fraction of sp³-hybridized carbons (Fsp3) is 0.632. The molecule has 2 N–H and O–H groups in total. The zero-order valence-electron chi connectivity index (χ0n) is 16.7. The van der Waals surface area contributed by atoms with E-state index in [9.17, 15) is 8.78 Å². The number of hydrogen-bond acceptors (Lipinski definition) is 4. The second kappa shape index (κ2) is 13.1. The largest absolute Gasteiger partial charge is 0.434 e. The summed E-state index contributed by atoms with van der Waals surface area (Å²) in [6, 6.07) is 5.81. The number of alkyl halides is 2. The average molecular weight is 512 g/mol. The van der Waals surface area contributed by atoms with Crippen molar-refractivity contribution in [3.8, 4) is 5.75 Å². The summed E-state index contributed by atoms with van der Waals surface area (Å²) in [5, 5.41) is 6.43. The van der Waals surface area contributed by atoms with Crippen molar-refractivity contribution in [1.29, 1.82) is 0 Å². The summed E-state index contributed by atoms with van der Waals surface area (Å²) in [5.74, 6) is 0.806. The van der Waals surface area contributed by atoms with Crippen LogP contribution in [0.1, 0.15) is 24.0 Å². The second-order valence-electron chi connectivity index (χ2n) is 6.60. The SMILES string of the molecule is CN=C(NCCN(CCOC)C1CC1)NCc1cc(C)ccc1OC(F)F.I. The smallest absolute Gasteiger partial charge is 0.387 e. The number of rotatable bonds is 11. The van der Waals surface area contributed by atoms with E-state index in [4.69, 9.17) is 4.74 Å². The van der Waals surface area contributed by atoms with E-state index in [1.54, 1.807) is 26.3 Å². The van der Waals surface area contributed by atoms with Crippen LogP contribution in [0, 0.1) is 6.92 Å². The van der Waals surface area contributed by atoms with Crippen molar-refractivity contribution in [1.82, 2.24) is 15.5 Å². The second-order valence-corrected chi connectivity index (χ2v) is 6.60. The first-order valence-electron chi connectivity index (χ1n) is 9.25. The first kappa shape index (κ1) is 24.8. The number of nitrogens with one attached hydrogen (secondary N) is 2. The van der Waals surface area contributed by atoms with Crippen LogP contribution in [-0.4, -0.2) is 63.9 Å². The molecule has 0 bridgehead atoms. The summed E-state index contributed by atoms with van der Waals surface area (Å²) in [6.07, 6.45) is 2.49. The van der Waals surface area contributed by atoms with Crippen LogP contribution in [0.4, 0.5) is 8.78 Å². The summed E-state index contributed by atoms with van der Waals surface area (Å²) < 4.78 is 34.9. The number of aliphatic imine (C=N–C) groups is 1. The number of nitrogens with zero attached hydrogens (tertiary/aromatic N) is 2. The van der Waals surface area contributed by atoms with Crippen molar-refractivity contribution >= 4 is 29.9 Å². The molecule has 9 heteroatoms. The van der Waals surface area contributed by atoms with Crippen LogP contribution in [0.3, 0.4) is 0 Å². The van der Waals surface area contributed by atoms with Crippen molar-refractivity contribution in [2.45, 2.75) is 39.0 Å².